The molecule has 0 saturated heterocycles. The molecule has 0 bridgehead atoms. The van der Waals surface area contributed by atoms with Crippen molar-refractivity contribution in [2.75, 3.05) is 5.32 Å². The minimum absolute atomic E-state index is 0.221. The minimum atomic E-state index is -0.221. The van der Waals surface area contributed by atoms with Gasteiger partial charge in [-0.3, -0.25) is 10.1 Å². The molecule has 2 aromatic heterocycles. The van der Waals surface area contributed by atoms with Gasteiger partial charge in [-0.1, -0.05) is 0 Å². The Hall–Kier alpha value is -1.75. The molecule has 0 aliphatic carbocycles. The van der Waals surface area contributed by atoms with Gasteiger partial charge in [-0.05, 0) is 31.5 Å². The first kappa shape index (κ1) is 10.8. The van der Waals surface area contributed by atoms with Gasteiger partial charge in [0.25, 0.3) is 5.91 Å². The van der Waals surface area contributed by atoms with Crippen LogP contribution in [0.3, 0.4) is 0 Å². The van der Waals surface area contributed by atoms with Crippen LogP contribution in [0.5, 0.6) is 0 Å². The Morgan fingerprint density at radius 1 is 1.38 bits per heavy atom. The normalized spacial score (nSPS) is 10.1. The van der Waals surface area contributed by atoms with E-state index in [2.05, 4.69) is 15.3 Å². The zero-order valence-electron chi connectivity index (χ0n) is 9.02. The molecule has 0 unspecified atom stereocenters. The molecule has 2 aromatic rings. The molecule has 0 aromatic carbocycles. The number of rotatable bonds is 2. The lowest BCUT2D eigenvalue weighted by Gasteiger charge is -2.03. The summed E-state index contributed by atoms with van der Waals surface area (Å²) in [5, 5.41) is 5.10. The van der Waals surface area contributed by atoms with Crippen LogP contribution in [0, 0.1) is 13.8 Å². The third-order valence-corrected chi connectivity index (χ3v) is 2.67. The van der Waals surface area contributed by atoms with Gasteiger partial charge in [-0.25, -0.2) is 9.97 Å². The van der Waals surface area contributed by atoms with Crippen LogP contribution >= 0.6 is 11.3 Å². The first-order chi connectivity index (χ1) is 7.65. The predicted molar refractivity (Wildman–Crippen MR) is 63.8 cm³/mol. The average Bonchev–Trinajstić information content (AvgIpc) is 2.68. The number of hydrogen-bond acceptors (Lipinski definition) is 4. The van der Waals surface area contributed by atoms with Crippen LogP contribution in [-0.2, 0) is 0 Å². The number of pyridine rings is 1. The Labute approximate surface area is 97.4 Å². The van der Waals surface area contributed by atoms with Crippen molar-refractivity contribution in [2.24, 2.45) is 0 Å². The highest BCUT2D eigenvalue weighted by molar-refractivity contribution is 7.13. The number of amides is 1. The summed E-state index contributed by atoms with van der Waals surface area (Å²) < 4.78 is 0. The van der Waals surface area contributed by atoms with Crippen molar-refractivity contribution in [1.29, 1.82) is 0 Å². The molecule has 0 spiro atoms. The topological polar surface area (TPSA) is 54.9 Å². The summed E-state index contributed by atoms with van der Waals surface area (Å²) >= 11 is 1.38. The Bertz CT molecular complexity index is 488. The number of nitrogens with one attached hydrogen (secondary N) is 1. The summed E-state index contributed by atoms with van der Waals surface area (Å²) in [6.07, 6.45) is 1.65. The number of thiazole rings is 1. The summed E-state index contributed by atoms with van der Waals surface area (Å²) in [5.41, 5.74) is 2.29. The maximum atomic E-state index is 11.8. The van der Waals surface area contributed by atoms with Gasteiger partial charge in [0.05, 0.1) is 0 Å². The second-order valence-electron chi connectivity index (χ2n) is 3.46. The Kier molecular flexibility index (Phi) is 2.96. The fraction of sp³-hybridized carbons (Fsp3) is 0.182. The number of nitrogens with zero attached hydrogens (tertiary/aromatic N) is 2. The van der Waals surface area contributed by atoms with Crippen LogP contribution in [0.2, 0.25) is 0 Å². The third-order valence-electron chi connectivity index (χ3n) is 1.98. The van der Waals surface area contributed by atoms with Crippen molar-refractivity contribution in [3.63, 3.8) is 0 Å². The van der Waals surface area contributed by atoms with Crippen molar-refractivity contribution in [1.82, 2.24) is 9.97 Å². The number of carbonyl (C=O) groups excluding carboxylic acids is 1. The molecule has 1 N–H and O–H groups in total. The van der Waals surface area contributed by atoms with Gasteiger partial charge in [-0.2, -0.15) is 0 Å². The van der Waals surface area contributed by atoms with Crippen molar-refractivity contribution in [2.45, 2.75) is 13.8 Å². The van der Waals surface area contributed by atoms with Gasteiger partial charge < -0.3 is 0 Å². The Balaban J connectivity index is 2.21. The molecule has 1 amide bonds. The van der Waals surface area contributed by atoms with Crippen LogP contribution in [-0.4, -0.2) is 15.9 Å². The van der Waals surface area contributed by atoms with E-state index >= 15 is 0 Å². The van der Waals surface area contributed by atoms with E-state index in [1.807, 2.05) is 25.3 Å². The van der Waals surface area contributed by atoms with Crippen LogP contribution in [0.25, 0.3) is 0 Å². The van der Waals surface area contributed by atoms with Crippen molar-refractivity contribution in [3.05, 3.63) is 40.7 Å². The molecular weight excluding hydrogens is 222 g/mol. The van der Waals surface area contributed by atoms with E-state index < -0.39 is 0 Å². The Morgan fingerprint density at radius 2 is 2.19 bits per heavy atom. The van der Waals surface area contributed by atoms with Gasteiger partial charge in [0.1, 0.15) is 5.69 Å². The number of aromatic nitrogens is 2. The smallest absolute Gasteiger partial charge is 0.276 e. The molecule has 0 fully saturated rings. The van der Waals surface area contributed by atoms with Crippen molar-refractivity contribution in [3.8, 4) is 0 Å². The largest absolute Gasteiger partial charge is 0.296 e. The maximum Gasteiger partial charge on any atom is 0.276 e. The summed E-state index contributed by atoms with van der Waals surface area (Å²) in [5.74, 6) is -0.221. The molecule has 0 atom stereocenters. The first-order valence-corrected chi connectivity index (χ1v) is 5.69. The third kappa shape index (κ3) is 2.43. The molecule has 0 radical (unpaired) electrons. The fourth-order valence-electron chi connectivity index (χ4n) is 1.40. The van der Waals surface area contributed by atoms with E-state index in [4.69, 9.17) is 0 Å². The van der Waals surface area contributed by atoms with Gasteiger partial charge in [0.2, 0.25) is 0 Å². The van der Waals surface area contributed by atoms with Crippen LogP contribution < -0.4 is 5.32 Å². The summed E-state index contributed by atoms with van der Waals surface area (Å²) in [7, 11) is 0. The molecule has 2 heterocycles. The number of aryl methyl sites for hydroxylation is 2. The molecule has 0 saturated carbocycles. The Morgan fingerprint density at radius 3 is 2.81 bits per heavy atom. The summed E-state index contributed by atoms with van der Waals surface area (Å²) in [4.78, 5) is 20.0. The van der Waals surface area contributed by atoms with Gasteiger partial charge >= 0.3 is 0 Å². The van der Waals surface area contributed by atoms with Crippen molar-refractivity contribution >= 4 is 22.4 Å². The van der Waals surface area contributed by atoms with E-state index in [-0.39, 0.29) is 5.91 Å². The summed E-state index contributed by atoms with van der Waals surface area (Å²) in [6.45, 7) is 3.81. The quantitative estimate of drug-likeness (QED) is 0.866. The standard InChI is InChI=1S/C11H11N3OS/c1-7-5-8(2)13-9(6-7)10(15)14-11-12-3-4-16-11/h3-6H,1-2H3,(H,12,14,15). The van der Waals surface area contributed by atoms with Crippen molar-refractivity contribution < 1.29 is 4.79 Å². The highest BCUT2D eigenvalue weighted by Crippen LogP contribution is 2.12. The SMILES string of the molecule is Cc1cc(C)nc(C(=O)Nc2nccs2)c1. The van der Waals surface area contributed by atoms with Crippen LogP contribution in [0.15, 0.2) is 23.7 Å². The summed E-state index contributed by atoms with van der Waals surface area (Å²) in [6, 6.07) is 3.69. The first-order valence-electron chi connectivity index (χ1n) is 4.81. The molecular formula is C11H11N3OS. The molecule has 0 aliphatic heterocycles. The lowest BCUT2D eigenvalue weighted by molar-refractivity contribution is 0.102. The fourth-order valence-corrected chi connectivity index (χ4v) is 1.93. The molecule has 16 heavy (non-hydrogen) atoms. The van der Waals surface area contributed by atoms with E-state index in [1.165, 1.54) is 11.3 Å². The van der Waals surface area contributed by atoms with E-state index in [1.54, 1.807) is 12.3 Å². The van der Waals surface area contributed by atoms with Crippen LogP contribution in [0.1, 0.15) is 21.7 Å². The number of anilines is 1. The number of carbonyl (C=O) groups is 1. The lowest BCUT2D eigenvalue weighted by Crippen LogP contribution is -2.14. The van der Waals surface area contributed by atoms with Gasteiger partial charge in [0.15, 0.2) is 5.13 Å². The van der Waals surface area contributed by atoms with E-state index in [0.29, 0.717) is 10.8 Å². The monoisotopic (exact) mass is 233 g/mol. The van der Waals surface area contributed by atoms with E-state index in [0.717, 1.165) is 11.3 Å². The number of hydrogen-bond donors (Lipinski definition) is 1. The molecule has 0 aliphatic rings. The van der Waals surface area contributed by atoms with Gasteiger partial charge in [-0.15, -0.1) is 11.3 Å². The minimum Gasteiger partial charge on any atom is -0.296 e. The second-order valence-corrected chi connectivity index (χ2v) is 4.36. The van der Waals surface area contributed by atoms with Gasteiger partial charge in [0, 0.05) is 17.3 Å². The maximum absolute atomic E-state index is 11.8. The molecule has 2 rings (SSSR count). The lowest BCUT2D eigenvalue weighted by atomic mass is 10.2. The highest BCUT2D eigenvalue weighted by atomic mass is 32.1. The predicted octanol–water partition coefficient (Wildman–Crippen LogP) is 2.41. The average molecular weight is 233 g/mol. The molecule has 5 heteroatoms. The zero-order chi connectivity index (χ0) is 11.5. The highest BCUT2D eigenvalue weighted by Gasteiger charge is 2.09. The van der Waals surface area contributed by atoms with Crippen LogP contribution in [0.4, 0.5) is 5.13 Å². The zero-order valence-corrected chi connectivity index (χ0v) is 9.84. The second kappa shape index (κ2) is 4.40. The van der Waals surface area contributed by atoms with E-state index in [9.17, 15) is 4.79 Å². The molecule has 82 valence electrons. The molecule has 4 nitrogen and oxygen atoms in total.